The molecule has 4 aromatic rings. The highest BCUT2D eigenvalue weighted by atomic mass is 16.1. The first-order valence-electron chi connectivity index (χ1n) is 9.74. The molecule has 4 rings (SSSR count). The van der Waals surface area contributed by atoms with E-state index in [1.54, 1.807) is 10.6 Å². The quantitative estimate of drug-likeness (QED) is 0.510. The van der Waals surface area contributed by atoms with Crippen LogP contribution in [0.2, 0.25) is 0 Å². The minimum Gasteiger partial charge on any atom is -0.321 e. The van der Waals surface area contributed by atoms with Crippen molar-refractivity contribution in [2.45, 2.75) is 27.3 Å². The highest BCUT2D eigenvalue weighted by molar-refractivity contribution is 6.10. The Morgan fingerprint density at radius 1 is 0.897 bits per heavy atom. The van der Waals surface area contributed by atoms with Gasteiger partial charge in [0.2, 0.25) is 0 Å². The average Bonchev–Trinajstić information content (AvgIpc) is 2.69. The summed E-state index contributed by atoms with van der Waals surface area (Å²) in [6, 6.07) is 20.9. The Balaban J connectivity index is 1.69. The smallest absolute Gasteiger partial charge is 0.258 e. The number of fused-ring (bicyclic) bond motifs is 2. The lowest BCUT2D eigenvalue weighted by molar-refractivity contribution is 0.102. The summed E-state index contributed by atoms with van der Waals surface area (Å²) in [4.78, 5) is 25.8. The van der Waals surface area contributed by atoms with Gasteiger partial charge in [-0.3, -0.25) is 9.59 Å². The molecule has 1 aromatic heterocycles. The number of carbonyl (C=O) groups is 1. The van der Waals surface area contributed by atoms with Gasteiger partial charge in [-0.25, -0.2) is 0 Å². The summed E-state index contributed by atoms with van der Waals surface area (Å²) in [5, 5.41) is 6.43. The van der Waals surface area contributed by atoms with Crippen LogP contribution in [0, 0.1) is 5.41 Å². The molecule has 0 bridgehead atoms. The maximum Gasteiger partial charge on any atom is 0.258 e. The number of hydrogen-bond donors (Lipinski definition) is 1. The maximum atomic E-state index is 12.9. The molecule has 1 heterocycles. The number of anilines is 1. The van der Waals surface area contributed by atoms with Crippen LogP contribution in [0.3, 0.4) is 0 Å². The van der Waals surface area contributed by atoms with Crippen molar-refractivity contribution in [2.24, 2.45) is 5.41 Å². The molecule has 0 unspecified atom stereocenters. The molecular weight excluding hydrogens is 360 g/mol. The Morgan fingerprint density at radius 2 is 1.66 bits per heavy atom. The van der Waals surface area contributed by atoms with Crippen LogP contribution in [-0.4, -0.2) is 10.5 Å². The molecule has 0 fully saturated rings. The Kier molecular flexibility index (Phi) is 4.71. The summed E-state index contributed by atoms with van der Waals surface area (Å²) >= 11 is 0. The summed E-state index contributed by atoms with van der Waals surface area (Å²) in [7, 11) is 0. The molecule has 0 saturated heterocycles. The zero-order valence-corrected chi connectivity index (χ0v) is 16.9. The van der Waals surface area contributed by atoms with Crippen molar-refractivity contribution in [1.29, 1.82) is 0 Å². The van der Waals surface area contributed by atoms with Gasteiger partial charge in [-0.1, -0.05) is 57.2 Å². The lowest BCUT2D eigenvalue weighted by atomic mass is 9.96. The van der Waals surface area contributed by atoms with Crippen LogP contribution in [-0.2, 0) is 6.54 Å². The van der Waals surface area contributed by atoms with Gasteiger partial charge in [0, 0.05) is 34.8 Å². The molecule has 0 spiro atoms. The number of carbonyl (C=O) groups excluding carboxylic acids is 1. The number of hydrogen-bond acceptors (Lipinski definition) is 2. The van der Waals surface area contributed by atoms with Crippen molar-refractivity contribution in [3.05, 3.63) is 88.8 Å². The van der Waals surface area contributed by atoms with Gasteiger partial charge >= 0.3 is 0 Å². The molecule has 1 amide bonds. The van der Waals surface area contributed by atoms with Crippen LogP contribution in [0.5, 0.6) is 0 Å². The number of nitrogens with zero attached hydrogens (tertiary/aromatic N) is 1. The minimum atomic E-state index is -0.192. The first-order chi connectivity index (χ1) is 13.8. The molecule has 0 aliphatic heterocycles. The van der Waals surface area contributed by atoms with E-state index in [4.69, 9.17) is 0 Å². The van der Waals surface area contributed by atoms with E-state index >= 15 is 0 Å². The highest BCUT2D eigenvalue weighted by Crippen LogP contribution is 2.23. The third-order valence-electron chi connectivity index (χ3n) is 4.92. The topological polar surface area (TPSA) is 51.1 Å². The Labute approximate surface area is 169 Å². The van der Waals surface area contributed by atoms with Gasteiger partial charge in [-0.2, -0.15) is 0 Å². The SMILES string of the molecule is CC(C)(C)Cn1ccc2c(NC(=O)c3ccc4ccccc4c3)cccc2c1=O. The highest BCUT2D eigenvalue weighted by Gasteiger charge is 2.15. The van der Waals surface area contributed by atoms with Gasteiger partial charge in [0.1, 0.15) is 0 Å². The lowest BCUT2D eigenvalue weighted by Gasteiger charge is -2.20. The number of amides is 1. The van der Waals surface area contributed by atoms with Gasteiger partial charge in [0.15, 0.2) is 0 Å². The van der Waals surface area contributed by atoms with Crippen molar-refractivity contribution < 1.29 is 4.79 Å². The third kappa shape index (κ3) is 3.92. The molecule has 3 aromatic carbocycles. The molecule has 4 nitrogen and oxygen atoms in total. The molecule has 4 heteroatoms. The fraction of sp³-hybridized carbons (Fsp3) is 0.200. The zero-order valence-electron chi connectivity index (χ0n) is 16.9. The van der Waals surface area contributed by atoms with Crippen LogP contribution in [0.1, 0.15) is 31.1 Å². The monoisotopic (exact) mass is 384 g/mol. The van der Waals surface area contributed by atoms with Gasteiger partial charge in [0.05, 0.1) is 0 Å². The second-order valence-corrected chi connectivity index (χ2v) is 8.59. The number of benzene rings is 3. The second kappa shape index (κ2) is 7.21. The molecule has 0 aliphatic rings. The molecule has 146 valence electrons. The van der Waals surface area contributed by atoms with Crippen LogP contribution in [0.15, 0.2) is 77.7 Å². The summed E-state index contributed by atoms with van der Waals surface area (Å²) in [5.74, 6) is -0.192. The van der Waals surface area contributed by atoms with Crippen molar-refractivity contribution >= 4 is 33.1 Å². The number of nitrogens with one attached hydrogen (secondary N) is 1. The summed E-state index contributed by atoms with van der Waals surface area (Å²) in [5.41, 5.74) is 1.18. The van der Waals surface area contributed by atoms with Gasteiger partial charge in [-0.05, 0) is 46.5 Å². The molecule has 1 N–H and O–H groups in total. The normalized spacial score (nSPS) is 11.7. The molecule has 0 saturated carbocycles. The Bertz CT molecular complexity index is 1280. The first kappa shape index (κ1) is 18.9. The van der Waals surface area contributed by atoms with E-state index in [0.717, 1.165) is 16.2 Å². The third-order valence-corrected chi connectivity index (χ3v) is 4.92. The van der Waals surface area contributed by atoms with E-state index in [1.165, 1.54) is 0 Å². The molecule has 29 heavy (non-hydrogen) atoms. The summed E-state index contributed by atoms with van der Waals surface area (Å²) < 4.78 is 1.73. The molecule has 0 radical (unpaired) electrons. The minimum absolute atomic E-state index is 0.000583. The van der Waals surface area contributed by atoms with Crippen LogP contribution in [0.25, 0.3) is 21.5 Å². The van der Waals surface area contributed by atoms with Crippen LogP contribution < -0.4 is 10.9 Å². The maximum absolute atomic E-state index is 12.9. The summed E-state index contributed by atoms with van der Waals surface area (Å²) in [6.07, 6.45) is 1.81. The van der Waals surface area contributed by atoms with Gasteiger partial charge in [-0.15, -0.1) is 0 Å². The largest absolute Gasteiger partial charge is 0.321 e. The number of pyridine rings is 1. The number of rotatable bonds is 3. The van der Waals surface area contributed by atoms with E-state index in [1.807, 2.05) is 66.9 Å². The predicted molar refractivity (Wildman–Crippen MR) is 120 cm³/mol. The van der Waals surface area contributed by atoms with Crippen molar-refractivity contribution in [1.82, 2.24) is 4.57 Å². The molecule has 0 aliphatic carbocycles. The van der Waals surface area contributed by atoms with Crippen molar-refractivity contribution in [3.63, 3.8) is 0 Å². The summed E-state index contributed by atoms with van der Waals surface area (Å²) in [6.45, 7) is 6.94. The fourth-order valence-electron chi connectivity index (χ4n) is 3.59. The van der Waals surface area contributed by atoms with Crippen LogP contribution >= 0.6 is 0 Å². The average molecular weight is 384 g/mol. The van der Waals surface area contributed by atoms with E-state index in [9.17, 15) is 9.59 Å². The van der Waals surface area contributed by atoms with Crippen LogP contribution in [0.4, 0.5) is 5.69 Å². The van der Waals surface area contributed by atoms with E-state index in [2.05, 4.69) is 26.1 Å². The number of aromatic nitrogens is 1. The van der Waals surface area contributed by atoms with E-state index < -0.39 is 0 Å². The standard InChI is InChI=1S/C25H24N2O2/c1-25(2,3)16-27-14-13-20-21(24(27)29)9-6-10-22(20)26-23(28)19-12-11-17-7-4-5-8-18(17)15-19/h4-15H,16H2,1-3H3,(H,26,28). The Hall–Kier alpha value is -3.40. The van der Waals surface area contributed by atoms with Crippen molar-refractivity contribution in [3.8, 4) is 0 Å². The van der Waals surface area contributed by atoms with E-state index in [0.29, 0.717) is 23.2 Å². The predicted octanol–water partition coefficient (Wildman–Crippen LogP) is 5.45. The second-order valence-electron chi connectivity index (χ2n) is 8.59. The van der Waals surface area contributed by atoms with Gasteiger partial charge in [0.25, 0.3) is 11.5 Å². The lowest BCUT2D eigenvalue weighted by Crippen LogP contribution is -2.26. The molecule has 0 atom stereocenters. The fourth-order valence-corrected chi connectivity index (χ4v) is 3.59. The van der Waals surface area contributed by atoms with Crippen molar-refractivity contribution in [2.75, 3.05) is 5.32 Å². The van der Waals surface area contributed by atoms with E-state index in [-0.39, 0.29) is 16.9 Å². The van der Waals surface area contributed by atoms with Gasteiger partial charge < -0.3 is 9.88 Å². The zero-order chi connectivity index (χ0) is 20.6. The first-order valence-corrected chi connectivity index (χ1v) is 9.74. The Morgan fingerprint density at radius 3 is 2.41 bits per heavy atom. The molecular formula is C25H24N2O2.